The summed E-state index contributed by atoms with van der Waals surface area (Å²) in [5, 5.41) is 3.52. The van der Waals surface area contributed by atoms with Crippen LogP contribution < -0.4 is 68.8 Å². The van der Waals surface area contributed by atoms with Crippen LogP contribution in [0.1, 0.15) is 403 Å². The number of hydrogen-bond acceptors (Lipinski definition) is 13. The number of unbranched alkanes of at least 4 members (excludes halogenated alkanes) is 36. The largest absolute Gasteiger partial charge is 0.494 e. The highest BCUT2D eigenvalue weighted by Gasteiger charge is 2.27. The third kappa shape index (κ3) is 35.8. The fourth-order valence-electron chi connectivity index (χ4n) is 16.9. The fourth-order valence-corrected chi connectivity index (χ4v) is 17.3. The maximum Gasteiger partial charge on any atom is 0.264 e. The van der Waals surface area contributed by atoms with Crippen LogP contribution in [0.4, 0.5) is 0 Å². The van der Waals surface area contributed by atoms with Gasteiger partial charge in [-0.2, -0.15) is 8.42 Å². The van der Waals surface area contributed by atoms with E-state index in [2.05, 4.69) is 191 Å². The van der Waals surface area contributed by atoms with E-state index in [0.29, 0.717) is 118 Å². The Balaban J connectivity index is 1.33. The first-order valence-corrected chi connectivity index (χ1v) is 53.2. The van der Waals surface area contributed by atoms with Gasteiger partial charge < -0.3 is 67.3 Å². The van der Waals surface area contributed by atoms with Crippen molar-refractivity contribution in [3.8, 4) is 57.5 Å². The Morgan fingerprint density at radius 2 is 0.411 bits per heavy atom. The normalized spacial score (nSPS) is 12.2. The summed E-state index contributed by atoms with van der Waals surface area (Å²) >= 11 is 0. The lowest BCUT2D eigenvalue weighted by Gasteiger charge is -2.20. The molecule has 129 heavy (non-hydrogen) atoms. The molecule has 0 aliphatic carbocycles. The van der Waals surface area contributed by atoms with Crippen molar-refractivity contribution < 1.29 is 60.0 Å². The van der Waals surface area contributed by atoms with E-state index in [4.69, 9.17) is 51.6 Å². The molecule has 9 rings (SSSR count). The second-order valence-electron chi connectivity index (χ2n) is 35.7. The third-order valence-corrected chi connectivity index (χ3v) is 24.9. The van der Waals surface area contributed by atoms with E-state index in [1.165, 1.54) is 19.3 Å². The zero-order valence-corrected chi connectivity index (χ0v) is 82.2. The van der Waals surface area contributed by atoms with Crippen molar-refractivity contribution in [2.24, 2.45) is 0 Å². The lowest BCUT2D eigenvalue weighted by molar-refractivity contribution is 0.234. The highest BCUT2D eigenvalue weighted by molar-refractivity contribution is 7.86. The van der Waals surface area contributed by atoms with E-state index in [9.17, 15) is 8.42 Å². The smallest absolute Gasteiger partial charge is 0.264 e. The van der Waals surface area contributed by atoms with Gasteiger partial charge in [0.1, 0.15) is 5.75 Å². The molecule has 4 aromatic carbocycles. The third-order valence-electron chi connectivity index (χ3n) is 24.3. The second kappa shape index (κ2) is 61.2. The Morgan fingerprint density at radius 1 is 0.209 bits per heavy atom. The summed E-state index contributed by atoms with van der Waals surface area (Å²) in [5.41, 5.74) is 10.9. The molecular weight excluding hydrogens is 1630 g/mol. The topological polar surface area (TPSA) is 199 Å². The molecule has 17 nitrogen and oxygen atoms in total. The van der Waals surface area contributed by atoms with Crippen LogP contribution in [-0.2, 0) is 14.3 Å². The Labute approximate surface area is 777 Å². The number of aromatic nitrogens is 4. The molecule has 8 bridgehead atoms. The Hall–Kier alpha value is -8.61. The van der Waals surface area contributed by atoms with Gasteiger partial charge in [0.25, 0.3) is 10.1 Å². The molecule has 0 saturated carbocycles. The molecule has 4 aromatic heterocycles. The molecule has 1 aliphatic rings. The SMILES string of the molecule is CCCCCCOc1cc(C2=c3ccc([nH]3)=C(c3ccc(OCCCCCCCCCCCCOS(C)(=O)=O)cc3)c3ccc([nH]3)C(c3cc(OCCCCCC)c(OCCCCCC)c(OCCCCCC)c3)=c3ccc([nH]3)=C(c3cc(OCCCCCC)c(OCCCCCC)c(OCCCCCC)c3)c3ccc2[nH]3)cc(OCCCCCC)c1OCCCCCC. The number of rotatable bonds is 73. The molecule has 0 atom stereocenters. The van der Waals surface area contributed by atoms with Crippen molar-refractivity contribution in [2.75, 3.05) is 78.9 Å². The van der Waals surface area contributed by atoms with E-state index in [1.54, 1.807) is 0 Å². The molecular formula is C111H166N4O13S. The van der Waals surface area contributed by atoms with Crippen LogP contribution in [0.25, 0.3) is 22.3 Å². The highest BCUT2D eigenvalue weighted by Crippen LogP contribution is 2.46. The van der Waals surface area contributed by atoms with Crippen molar-refractivity contribution in [2.45, 2.75) is 358 Å². The van der Waals surface area contributed by atoms with E-state index in [1.807, 2.05) is 0 Å². The van der Waals surface area contributed by atoms with Crippen molar-refractivity contribution >= 4 is 32.4 Å². The van der Waals surface area contributed by atoms with E-state index in [-0.39, 0.29) is 6.61 Å². The van der Waals surface area contributed by atoms with E-state index < -0.39 is 10.1 Å². The summed E-state index contributed by atoms with van der Waals surface area (Å²) in [6.07, 6.45) is 50.1. The van der Waals surface area contributed by atoms with Gasteiger partial charge in [-0.05, 0) is 190 Å². The first kappa shape index (κ1) is 104. The quantitative estimate of drug-likeness (QED) is 0.0208. The monoisotopic (exact) mass is 1800 g/mol. The second-order valence-corrected chi connectivity index (χ2v) is 37.3. The van der Waals surface area contributed by atoms with Gasteiger partial charge in [0.2, 0.25) is 17.2 Å². The molecule has 0 amide bonds. The number of ether oxygens (including phenoxy) is 10. The van der Waals surface area contributed by atoms with Crippen LogP contribution >= 0.6 is 0 Å². The Bertz CT molecular complexity index is 4710. The van der Waals surface area contributed by atoms with E-state index in [0.717, 1.165) is 377 Å². The maximum atomic E-state index is 11.4. The summed E-state index contributed by atoms with van der Waals surface area (Å²) in [5.74, 6) is 6.79. The Kier molecular flexibility index (Phi) is 49.4. The number of benzene rings is 4. The average molecular weight is 1800 g/mol. The van der Waals surface area contributed by atoms with Crippen LogP contribution in [0.3, 0.4) is 0 Å². The molecule has 1 aliphatic heterocycles. The zero-order chi connectivity index (χ0) is 91.2. The Morgan fingerprint density at radius 3 is 0.643 bits per heavy atom. The molecule has 4 N–H and O–H groups in total. The summed E-state index contributed by atoms with van der Waals surface area (Å²) in [6.45, 7) is 26.0. The molecule has 5 heterocycles. The fraction of sp³-hybridized carbons (Fsp3) is 0.604. The molecule has 18 heteroatoms. The molecule has 0 fully saturated rings. The van der Waals surface area contributed by atoms with Crippen molar-refractivity contribution in [1.29, 1.82) is 0 Å². The number of hydrogen-bond donors (Lipinski definition) is 4. The first-order valence-electron chi connectivity index (χ1n) is 51.4. The van der Waals surface area contributed by atoms with Gasteiger partial charge in [-0.25, -0.2) is 0 Å². The van der Waals surface area contributed by atoms with Gasteiger partial charge >= 0.3 is 0 Å². The van der Waals surface area contributed by atoms with Crippen LogP contribution in [0, 0.1) is 0 Å². The summed E-state index contributed by atoms with van der Waals surface area (Å²) in [4.78, 5) is 16.7. The van der Waals surface area contributed by atoms with Crippen LogP contribution in [0.15, 0.2) is 109 Å². The molecule has 0 saturated heterocycles. The minimum atomic E-state index is -3.38. The van der Waals surface area contributed by atoms with Crippen molar-refractivity contribution in [3.05, 3.63) is 176 Å². The number of nitrogens with one attached hydrogen (secondary N) is 4. The molecule has 714 valence electrons. The minimum Gasteiger partial charge on any atom is -0.494 e. The zero-order valence-electron chi connectivity index (χ0n) is 81.4. The van der Waals surface area contributed by atoms with Crippen molar-refractivity contribution in [1.82, 2.24) is 19.9 Å². The highest BCUT2D eigenvalue weighted by atomic mass is 32.2. The number of aromatic amines is 4. The average Bonchev–Trinajstić information content (AvgIpc) is 1.62. The van der Waals surface area contributed by atoms with Crippen LogP contribution in [-0.4, -0.2) is 107 Å². The number of H-pyrrole nitrogens is 4. The summed E-state index contributed by atoms with van der Waals surface area (Å²) < 4.78 is 97.8. The van der Waals surface area contributed by atoms with Gasteiger partial charge in [0, 0.05) is 66.5 Å². The molecule has 8 aromatic rings. The van der Waals surface area contributed by atoms with Gasteiger partial charge in [-0.15, -0.1) is 0 Å². The van der Waals surface area contributed by atoms with Gasteiger partial charge in [-0.1, -0.05) is 299 Å². The molecule has 0 spiro atoms. The first-order chi connectivity index (χ1) is 63.4. The van der Waals surface area contributed by atoms with Gasteiger partial charge in [0.05, 0.1) is 78.9 Å². The van der Waals surface area contributed by atoms with Gasteiger partial charge in [-0.3, -0.25) is 4.18 Å². The van der Waals surface area contributed by atoms with Crippen LogP contribution in [0.2, 0.25) is 0 Å². The lowest BCUT2D eigenvalue weighted by Crippen LogP contribution is -2.19. The standard InChI is InChI=1S/C111H166N4O13S/c1-11-20-29-46-70-119-99-80-87(81-100(120-71-47-30-21-12-2)109(99)125-76-52-35-26-17-7)106-93-63-61-91(112-93)105(86-57-59-90(60-58-86)118-69-55-44-42-40-38-39-41-43-45-56-79-128-129(10,116)117)92-62-64-94(113-92)107(88-82-101(121-72-48-31-22-13-3)110(126-77-53-36-27-18-8)102(83-88)122-73-49-32-23-14-4)96-66-68-98(115-96)108(97-67-65-95(106)114-97)89-84-103(123-74-50-33-24-15-5)111(127-78-54-37-28-19-9)104(85-89)124-75-51-34-25-16-6/h57-68,80-85,112-115H,11-56,69-79H2,1-10H3. The predicted molar refractivity (Wildman–Crippen MR) is 533 cm³/mol. The van der Waals surface area contributed by atoms with Gasteiger partial charge in [0.15, 0.2) is 34.5 Å². The maximum absolute atomic E-state index is 11.4. The molecule has 0 unspecified atom stereocenters. The summed E-state index contributed by atoms with van der Waals surface area (Å²) in [6, 6.07) is 39.7. The number of fused-ring (bicyclic) bond motifs is 8. The predicted octanol–water partition coefficient (Wildman–Crippen LogP) is 27.2. The van der Waals surface area contributed by atoms with Crippen molar-refractivity contribution in [3.63, 3.8) is 0 Å². The minimum absolute atomic E-state index is 0.268. The van der Waals surface area contributed by atoms with E-state index >= 15 is 0 Å². The lowest BCUT2D eigenvalue weighted by atomic mass is 10.0. The molecule has 0 radical (unpaired) electrons. The van der Waals surface area contributed by atoms with Crippen LogP contribution in [0.5, 0.6) is 57.5 Å². The summed E-state index contributed by atoms with van der Waals surface area (Å²) in [7, 11) is -3.38.